The lowest BCUT2D eigenvalue weighted by Gasteiger charge is -2.21. The van der Waals surface area contributed by atoms with Crippen molar-refractivity contribution in [2.45, 2.75) is 40.0 Å². The van der Waals surface area contributed by atoms with Crippen molar-refractivity contribution in [3.63, 3.8) is 0 Å². The van der Waals surface area contributed by atoms with E-state index in [9.17, 15) is 4.79 Å². The molecular weight excluding hydrogens is 542 g/mol. The van der Waals surface area contributed by atoms with E-state index in [1.807, 2.05) is 48.0 Å². The van der Waals surface area contributed by atoms with Crippen LogP contribution in [-0.2, 0) is 24.4 Å². The summed E-state index contributed by atoms with van der Waals surface area (Å²) in [5.74, 6) is 2.25. The molecule has 0 fully saturated rings. The second-order valence-corrected chi connectivity index (χ2v) is 10.3. The number of aliphatic hydroxyl groups is 1. The lowest BCUT2D eigenvalue weighted by atomic mass is 9.87. The number of carbonyl (C=O) groups excluding carboxylic acids is 1. The first kappa shape index (κ1) is 34.7. The van der Waals surface area contributed by atoms with Crippen molar-refractivity contribution >= 4 is 12.1 Å². The maximum atomic E-state index is 10.8. The third-order valence-electron chi connectivity index (χ3n) is 6.31. The molecule has 42 heavy (non-hydrogen) atoms. The van der Waals surface area contributed by atoms with Gasteiger partial charge in [0.1, 0.15) is 29.5 Å². The first-order valence-corrected chi connectivity index (χ1v) is 13.9. The van der Waals surface area contributed by atoms with E-state index in [4.69, 9.17) is 33.5 Å². The molecular formula is C31H47N3O8. The Morgan fingerprint density at radius 1 is 0.857 bits per heavy atom. The molecule has 3 N–H and O–H groups in total. The van der Waals surface area contributed by atoms with Crippen molar-refractivity contribution in [3.05, 3.63) is 53.3 Å². The number of rotatable bonds is 17. The number of H-pyrrole nitrogens is 1. The van der Waals surface area contributed by atoms with Crippen LogP contribution in [0.15, 0.2) is 36.4 Å². The molecule has 11 heteroatoms. The Labute approximate surface area is 249 Å². The molecule has 1 aromatic heterocycles. The first-order valence-electron chi connectivity index (χ1n) is 13.9. The molecule has 0 aliphatic carbocycles. The topological polar surface area (TPSA) is 125 Å². The second-order valence-electron chi connectivity index (χ2n) is 10.3. The van der Waals surface area contributed by atoms with Gasteiger partial charge >= 0.3 is 0 Å². The number of aryl methyl sites for hydroxylation is 1. The van der Waals surface area contributed by atoms with Crippen LogP contribution in [0.25, 0.3) is 5.69 Å². The van der Waals surface area contributed by atoms with Gasteiger partial charge in [-0.2, -0.15) is 0 Å². The zero-order valence-corrected chi connectivity index (χ0v) is 26.0. The number of anilines is 1. The van der Waals surface area contributed by atoms with Crippen molar-refractivity contribution in [2.75, 3.05) is 72.4 Å². The lowest BCUT2D eigenvalue weighted by molar-refractivity contribution is -0.105. The summed E-state index contributed by atoms with van der Waals surface area (Å²) < 4.78 is 34.0. The monoisotopic (exact) mass is 589 g/mol. The Kier molecular flexibility index (Phi) is 15.0. The molecule has 3 aromatic rings. The fourth-order valence-corrected chi connectivity index (χ4v) is 3.78. The van der Waals surface area contributed by atoms with Gasteiger partial charge in [0.2, 0.25) is 6.41 Å². The van der Waals surface area contributed by atoms with Crippen LogP contribution in [0.3, 0.4) is 0 Å². The van der Waals surface area contributed by atoms with Gasteiger partial charge in [-0.15, -0.1) is 0 Å². The smallest absolute Gasteiger partial charge is 0.211 e. The Balaban J connectivity index is 0.000000327. The zero-order chi connectivity index (χ0) is 31.0. The number of carbonyl (C=O) groups is 1. The number of aliphatic hydroxyl groups excluding tert-OH is 1. The maximum absolute atomic E-state index is 10.8. The van der Waals surface area contributed by atoms with Crippen LogP contribution in [0.2, 0.25) is 0 Å². The van der Waals surface area contributed by atoms with Gasteiger partial charge in [0.15, 0.2) is 0 Å². The Bertz CT molecular complexity index is 1200. The molecule has 0 aliphatic rings. The summed E-state index contributed by atoms with van der Waals surface area (Å²) >= 11 is 0. The van der Waals surface area contributed by atoms with Gasteiger partial charge in [-0.3, -0.25) is 14.6 Å². The van der Waals surface area contributed by atoms with Crippen molar-refractivity contribution in [1.82, 2.24) is 9.78 Å². The van der Waals surface area contributed by atoms with Crippen LogP contribution in [0.1, 0.15) is 37.7 Å². The Morgan fingerprint density at radius 3 is 2.00 bits per heavy atom. The summed E-state index contributed by atoms with van der Waals surface area (Å²) in [6.07, 6.45) is 0.646. The van der Waals surface area contributed by atoms with Gasteiger partial charge in [-0.25, -0.2) is 0 Å². The summed E-state index contributed by atoms with van der Waals surface area (Å²) in [6, 6.07) is 11.5. The highest BCUT2D eigenvalue weighted by atomic mass is 16.6. The van der Waals surface area contributed by atoms with E-state index >= 15 is 0 Å². The molecule has 0 unspecified atom stereocenters. The van der Waals surface area contributed by atoms with Crippen LogP contribution in [0.5, 0.6) is 17.2 Å². The van der Waals surface area contributed by atoms with Crippen LogP contribution in [0.4, 0.5) is 5.69 Å². The minimum atomic E-state index is -0.00983. The van der Waals surface area contributed by atoms with E-state index in [0.717, 1.165) is 22.7 Å². The number of benzene rings is 2. The molecule has 234 valence electrons. The highest BCUT2D eigenvalue weighted by molar-refractivity contribution is 5.76. The molecule has 1 heterocycles. The standard InChI is InChI=1S/C19H31NO6.C12H16N2O2/c1-19(2,3)16-4-5-18(17(14-16)20-15-22)26-13-12-25-11-10-24-9-8-23-7-6-21;1-8-9(2)14(13-8)11-7-10(15-3)5-6-12(11)16-4/h4-5,14-15,21H,6-13H2,1-3H3,(H,20,22);5-7,13H,1-4H3. The minimum absolute atomic E-state index is 0.00983. The second kappa shape index (κ2) is 18.1. The Morgan fingerprint density at radius 2 is 1.48 bits per heavy atom. The Hall–Kier alpha value is -3.51. The molecule has 0 spiro atoms. The van der Waals surface area contributed by atoms with Gasteiger partial charge in [-0.1, -0.05) is 26.8 Å². The summed E-state index contributed by atoms with van der Waals surface area (Å²) in [4.78, 5) is 10.8. The van der Waals surface area contributed by atoms with E-state index in [1.165, 1.54) is 11.4 Å². The summed E-state index contributed by atoms with van der Waals surface area (Å²) in [5, 5.41) is 14.4. The predicted molar refractivity (Wildman–Crippen MR) is 163 cm³/mol. The van der Waals surface area contributed by atoms with E-state index in [-0.39, 0.29) is 12.0 Å². The van der Waals surface area contributed by atoms with Gasteiger partial charge in [-0.05, 0) is 49.1 Å². The fourth-order valence-electron chi connectivity index (χ4n) is 3.78. The van der Waals surface area contributed by atoms with Crippen molar-refractivity contribution in [1.29, 1.82) is 0 Å². The van der Waals surface area contributed by atoms with Gasteiger partial charge in [0.05, 0.1) is 77.5 Å². The number of hydrogen-bond donors (Lipinski definition) is 3. The first-order chi connectivity index (χ1) is 20.2. The number of methoxy groups -OCH3 is 2. The average Bonchev–Trinajstić information content (AvgIpc) is 2.98. The predicted octanol–water partition coefficient (Wildman–Crippen LogP) is 4.41. The normalized spacial score (nSPS) is 11.0. The number of ether oxygens (including phenoxy) is 6. The molecule has 0 saturated heterocycles. The number of amides is 1. The number of aromatic nitrogens is 2. The van der Waals surface area contributed by atoms with Crippen LogP contribution < -0.4 is 19.5 Å². The van der Waals surface area contributed by atoms with E-state index in [1.54, 1.807) is 14.2 Å². The summed E-state index contributed by atoms with van der Waals surface area (Å²) in [5.41, 5.74) is 5.08. The SMILES string of the molecule is CC(C)(C)c1ccc(OCCOCCOCCOCCO)c(NC=O)c1.COc1ccc(OC)c(-n2[nH]c(C)c2C)c1. The number of aromatic amines is 1. The zero-order valence-electron chi connectivity index (χ0n) is 26.0. The summed E-state index contributed by atoms with van der Waals surface area (Å²) in [6.45, 7) is 13.5. The number of nitrogens with one attached hydrogen (secondary N) is 2. The third kappa shape index (κ3) is 11.1. The molecule has 3 rings (SSSR count). The van der Waals surface area contributed by atoms with E-state index < -0.39 is 0 Å². The summed E-state index contributed by atoms with van der Waals surface area (Å²) in [7, 11) is 3.32. The van der Waals surface area contributed by atoms with Gasteiger partial charge in [0.25, 0.3) is 0 Å². The minimum Gasteiger partial charge on any atom is -0.497 e. The molecule has 11 nitrogen and oxygen atoms in total. The van der Waals surface area contributed by atoms with E-state index in [0.29, 0.717) is 64.1 Å². The number of nitrogens with zero attached hydrogens (tertiary/aromatic N) is 1. The van der Waals surface area contributed by atoms with Gasteiger partial charge < -0.3 is 38.8 Å². The molecule has 2 aromatic carbocycles. The highest BCUT2D eigenvalue weighted by Crippen LogP contribution is 2.31. The lowest BCUT2D eigenvalue weighted by Crippen LogP contribution is -2.15. The molecule has 0 radical (unpaired) electrons. The van der Waals surface area contributed by atoms with Crippen LogP contribution in [0, 0.1) is 13.8 Å². The molecule has 1 amide bonds. The maximum Gasteiger partial charge on any atom is 0.211 e. The van der Waals surface area contributed by atoms with Gasteiger partial charge in [0, 0.05) is 6.07 Å². The largest absolute Gasteiger partial charge is 0.497 e. The quantitative estimate of drug-likeness (QED) is 0.156. The van der Waals surface area contributed by atoms with Crippen molar-refractivity contribution < 1.29 is 38.3 Å². The van der Waals surface area contributed by atoms with Crippen LogP contribution in [-0.4, -0.2) is 88.4 Å². The third-order valence-corrected chi connectivity index (χ3v) is 6.31. The molecule has 0 bridgehead atoms. The molecule has 0 atom stereocenters. The number of hydrogen-bond acceptors (Lipinski definition) is 8. The highest BCUT2D eigenvalue weighted by Gasteiger charge is 2.16. The van der Waals surface area contributed by atoms with Crippen LogP contribution >= 0.6 is 0 Å². The molecule has 0 saturated carbocycles. The molecule has 0 aliphatic heterocycles. The average molecular weight is 590 g/mol. The van der Waals surface area contributed by atoms with Crippen molar-refractivity contribution in [2.24, 2.45) is 0 Å². The fraction of sp³-hybridized carbons (Fsp3) is 0.516. The van der Waals surface area contributed by atoms with E-state index in [2.05, 4.69) is 38.1 Å². The van der Waals surface area contributed by atoms with Crippen molar-refractivity contribution in [3.8, 4) is 22.9 Å².